The van der Waals surface area contributed by atoms with Gasteiger partial charge in [0.1, 0.15) is 6.61 Å². The number of nitrogens with one attached hydrogen (secondary N) is 1. The molecule has 2 aliphatic heterocycles. The minimum atomic E-state index is -0.0135. The predicted molar refractivity (Wildman–Crippen MR) is 90.1 cm³/mol. The maximum Gasteiger partial charge on any atom is 0.249 e. The highest BCUT2D eigenvalue weighted by Gasteiger charge is 2.45. The second-order valence-electron chi connectivity index (χ2n) is 6.20. The SMILES string of the molecule is C/C=C/c1ccc2c(c1)[C@H]1[C@H](CCN1C(=O)COC)[C@@H](CO)N2. The van der Waals surface area contributed by atoms with Gasteiger partial charge in [0, 0.05) is 25.3 Å². The number of aliphatic hydroxyl groups excluding tert-OH is 1. The normalized spacial score (nSPS) is 26.0. The number of allylic oxidation sites excluding steroid dienone is 1. The van der Waals surface area contributed by atoms with Crippen molar-refractivity contribution in [1.82, 2.24) is 4.90 Å². The number of benzene rings is 1. The second-order valence-corrected chi connectivity index (χ2v) is 6.20. The molecule has 1 aromatic carbocycles. The molecule has 1 amide bonds. The van der Waals surface area contributed by atoms with Crippen LogP contribution in [0.25, 0.3) is 6.08 Å². The molecule has 2 aliphatic rings. The fourth-order valence-corrected chi connectivity index (χ4v) is 3.86. The van der Waals surface area contributed by atoms with Gasteiger partial charge >= 0.3 is 0 Å². The van der Waals surface area contributed by atoms with Crippen molar-refractivity contribution in [3.8, 4) is 0 Å². The molecule has 1 saturated heterocycles. The zero-order valence-electron chi connectivity index (χ0n) is 13.7. The molecule has 23 heavy (non-hydrogen) atoms. The van der Waals surface area contributed by atoms with Crippen LogP contribution in [-0.4, -0.2) is 48.8 Å². The number of amides is 1. The number of carbonyl (C=O) groups excluding carboxylic acids is 1. The molecule has 0 spiro atoms. The van der Waals surface area contributed by atoms with Crippen molar-refractivity contribution in [2.75, 3.05) is 32.2 Å². The van der Waals surface area contributed by atoms with Gasteiger partial charge in [0.15, 0.2) is 0 Å². The van der Waals surface area contributed by atoms with Crippen LogP contribution < -0.4 is 5.32 Å². The molecule has 2 N–H and O–H groups in total. The number of methoxy groups -OCH3 is 1. The van der Waals surface area contributed by atoms with Gasteiger partial charge in [-0.1, -0.05) is 18.2 Å². The minimum Gasteiger partial charge on any atom is -0.394 e. The Labute approximate surface area is 136 Å². The van der Waals surface area contributed by atoms with E-state index in [0.29, 0.717) is 6.54 Å². The highest BCUT2D eigenvalue weighted by molar-refractivity contribution is 5.79. The molecule has 5 heteroatoms. The molecule has 3 atom stereocenters. The van der Waals surface area contributed by atoms with Crippen molar-refractivity contribution < 1.29 is 14.6 Å². The van der Waals surface area contributed by atoms with Crippen LogP contribution in [-0.2, 0) is 9.53 Å². The quantitative estimate of drug-likeness (QED) is 0.892. The van der Waals surface area contributed by atoms with Crippen molar-refractivity contribution in [2.24, 2.45) is 5.92 Å². The van der Waals surface area contributed by atoms with Gasteiger partial charge < -0.3 is 20.1 Å². The van der Waals surface area contributed by atoms with Crippen LogP contribution in [0.2, 0.25) is 0 Å². The second kappa shape index (κ2) is 6.72. The molecule has 0 aromatic heterocycles. The van der Waals surface area contributed by atoms with Gasteiger partial charge in [-0.05, 0) is 36.6 Å². The lowest BCUT2D eigenvalue weighted by atomic mass is 9.82. The molecule has 0 aliphatic carbocycles. The average molecular weight is 316 g/mol. The zero-order chi connectivity index (χ0) is 16.4. The topological polar surface area (TPSA) is 61.8 Å². The first-order valence-electron chi connectivity index (χ1n) is 8.12. The lowest BCUT2D eigenvalue weighted by molar-refractivity contribution is -0.136. The lowest BCUT2D eigenvalue weighted by Gasteiger charge is -2.39. The third kappa shape index (κ3) is 2.86. The highest BCUT2D eigenvalue weighted by Crippen LogP contribution is 2.46. The van der Waals surface area contributed by atoms with Crippen LogP contribution in [0.1, 0.15) is 30.5 Å². The molecular weight excluding hydrogens is 292 g/mol. The first kappa shape index (κ1) is 16.0. The number of hydrogen-bond donors (Lipinski definition) is 2. The summed E-state index contributed by atoms with van der Waals surface area (Å²) in [6.07, 6.45) is 4.96. The Morgan fingerprint density at radius 2 is 2.35 bits per heavy atom. The van der Waals surface area contributed by atoms with E-state index in [1.165, 1.54) is 0 Å². The van der Waals surface area contributed by atoms with E-state index < -0.39 is 0 Å². The molecule has 3 rings (SSSR count). The number of nitrogens with zero attached hydrogens (tertiary/aromatic N) is 1. The third-order valence-corrected chi connectivity index (χ3v) is 4.84. The van der Waals surface area contributed by atoms with E-state index in [0.717, 1.165) is 23.2 Å². The highest BCUT2D eigenvalue weighted by atomic mass is 16.5. The van der Waals surface area contributed by atoms with Crippen molar-refractivity contribution in [2.45, 2.75) is 25.4 Å². The first-order valence-corrected chi connectivity index (χ1v) is 8.12. The van der Waals surface area contributed by atoms with E-state index in [9.17, 15) is 9.90 Å². The molecule has 1 fully saturated rings. The standard InChI is InChI=1S/C18H24N2O3/c1-3-4-12-5-6-15-14(9-12)18-13(16(10-21)19-15)7-8-20(18)17(22)11-23-2/h3-6,9,13,16,18-19,21H,7-8,10-11H2,1-2H3/b4-3+/t13-,16-,18-/m1/s1. The smallest absolute Gasteiger partial charge is 0.249 e. The van der Waals surface area contributed by atoms with E-state index >= 15 is 0 Å². The number of ether oxygens (including phenoxy) is 1. The van der Waals surface area contributed by atoms with Crippen molar-refractivity contribution >= 4 is 17.7 Å². The summed E-state index contributed by atoms with van der Waals surface area (Å²) in [6.45, 7) is 2.88. The zero-order valence-corrected chi connectivity index (χ0v) is 13.7. The number of likely N-dealkylation sites (tertiary alicyclic amines) is 1. The molecule has 0 unspecified atom stereocenters. The van der Waals surface area contributed by atoms with Crippen molar-refractivity contribution in [3.05, 3.63) is 35.4 Å². The van der Waals surface area contributed by atoms with Crippen LogP contribution in [0, 0.1) is 5.92 Å². The predicted octanol–water partition coefficient (Wildman–Crippen LogP) is 2.04. The molecule has 0 bridgehead atoms. The van der Waals surface area contributed by atoms with Crippen LogP contribution in [0.5, 0.6) is 0 Å². The van der Waals surface area contributed by atoms with Gasteiger partial charge in [-0.15, -0.1) is 0 Å². The number of hydrogen-bond acceptors (Lipinski definition) is 4. The number of anilines is 1. The summed E-state index contributed by atoms with van der Waals surface area (Å²) in [5.41, 5.74) is 3.27. The lowest BCUT2D eigenvalue weighted by Crippen LogP contribution is -2.43. The Morgan fingerprint density at radius 1 is 1.52 bits per heavy atom. The maximum absolute atomic E-state index is 12.4. The van der Waals surface area contributed by atoms with Crippen LogP contribution >= 0.6 is 0 Å². The van der Waals surface area contributed by atoms with Crippen LogP contribution in [0.4, 0.5) is 5.69 Å². The van der Waals surface area contributed by atoms with E-state index in [1.807, 2.05) is 24.0 Å². The van der Waals surface area contributed by atoms with Gasteiger partial charge in [0.05, 0.1) is 18.7 Å². The number of carbonyl (C=O) groups is 1. The van der Waals surface area contributed by atoms with Gasteiger partial charge in [-0.2, -0.15) is 0 Å². The number of rotatable bonds is 4. The summed E-state index contributed by atoms with van der Waals surface area (Å²) in [4.78, 5) is 14.3. The Morgan fingerprint density at radius 3 is 3.04 bits per heavy atom. The molecule has 0 radical (unpaired) electrons. The Bertz CT molecular complexity index is 614. The summed E-state index contributed by atoms with van der Waals surface area (Å²) in [6, 6.07) is 6.24. The molecule has 5 nitrogen and oxygen atoms in total. The van der Waals surface area contributed by atoms with Crippen molar-refractivity contribution in [3.63, 3.8) is 0 Å². The first-order chi connectivity index (χ1) is 11.2. The largest absolute Gasteiger partial charge is 0.394 e. The number of aliphatic hydroxyl groups is 1. The van der Waals surface area contributed by atoms with Gasteiger partial charge in [-0.25, -0.2) is 0 Å². The maximum atomic E-state index is 12.4. The Hall–Kier alpha value is -1.85. The number of fused-ring (bicyclic) bond motifs is 3. The third-order valence-electron chi connectivity index (χ3n) is 4.84. The Kier molecular flexibility index (Phi) is 4.68. The van der Waals surface area contributed by atoms with Gasteiger partial charge in [-0.3, -0.25) is 4.79 Å². The van der Waals surface area contributed by atoms with E-state index in [1.54, 1.807) is 7.11 Å². The monoisotopic (exact) mass is 316 g/mol. The Balaban J connectivity index is 2.01. The fraction of sp³-hybridized carbons (Fsp3) is 0.500. The fourth-order valence-electron chi connectivity index (χ4n) is 3.86. The van der Waals surface area contributed by atoms with Crippen LogP contribution in [0.15, 0.2) is 24.3 Å². The summed E-state index contributed by atoms with van der Waals surface area (Å²) in [5.74, 6) is 0.245. The van der Waals surface area contributed by atoms with Crippen molar-refractivity contribution in [1.29, 1.82) is 0 Å². The summed E-state index contributed by atoms with van der Waals surface area (Å²) < 4.78 is 5.03. The van der Waals surface area contributed by atoms with Crippen LogP contribution in [0.3, 0.4) is 0 Å². The average Bonchev–Trinajstić information content (AvgIpc) is 3.00. The molecule has 2 heterocycles. The van der Waals surface area contributed by atoms with E-state index in [2.05, 4.69) is 23.5 Å². The molecule has 0 saturated carbocycles. The molecule has 1 aromatic rings. The summed E-state index contributed by atoms with van der Waals surface area (Å²) in [7, 11) is 1.54. The van der Waals surface area contributed by atoms with E-state index in [-0.39, 0.29) is 37.1 Å². The minimum absolute atomic E-state index is 0.0104. The van der Waals surface area contributed by atoms with E-state index in [4.69, 9.17) is 4.74 Å². The van der Waals surface area contributed by atoms with Gasteiger partial charge in [0.2, 0.25) is 5.91 Å². The summed E-state index contributed by atoms with van der Waals surface area (Å²) in [5, 5.41) is 13.2. The summed E-state index contributed by atoms with van der Waals surface area (Å²) >= 11 is 0. The van der Waals surface area contributed by atoms with Gasteiger partial charge in [0.25, 0.3) is 0 Å². The molecule has 124 valence electrons. The molecular formula is C18H24N2O3.